The van der Waals surface area contributed by atoms with Gasteiger partial charge in [0.05, 0.1) is 11.6 Å². The molecule has 10 nitrogen and oxygen atoms in total. The van der Waals surface area contributed by atoms with Crippen LogP contribution in [0.15, 0.2) is 41.2 Å². The molecule has 1 unspecified atom stereocenters. The lowest BCUT2D eigenvalue weighted by molar-refractivity contribution is -0.153. The fraction of sp³-hybridized carbons (Fsp3) is 0.485. The molecular weight excluding hydrogens is 550 g/mol. The van der Waals surface area contributed by atoms with Crippen molar-refractivity contribution in [2.75, 3.05) is 20.6 Å². The van der Waals surface area contributed by atoms with Gasteiger partial charge in [0.2, 0.25) is 5.78 Å². The van der Waals surface area contributed by atoms with Gasteiger partial charge in [-0.15, -0.1) is 0 Å². The van der Waals surface area contributed by atoms with E-state index < -0.39 is 58.0 Å². The van der Waals surface area contributed by atoms with Gasteiger partial charge in [0.25, 0.3) is 5.91 Å². The molecular formula is C33H43N3O7. The molecule has 43 heavy (non-hydrogen) atoms. The van der Waals surface area contributed by atoms with Crippen LogP contribution in [-0.4, -0.2) is 75.1 Å². The summed E-state index contributed by atoms with van der Waals surface area (Å²) in [6.45, 7) is 11.0. The predicted molar refractivity (Wildman–Crippen MR) is 164 cm³/mol. The van der Waals surface area contributed by atoms with Crippen LogP contribution in [0.5, 0.6) is 5.75 Å². The summed E-state index contributed by atoms with van der Waals surface area (Å²) in [5, 5.41) is 49.6. The van der Waals surface area contributed by atoms with Gasteiger partial charge in [0.15, 0.2) is 11.4 Å². The summed E-state index contributed by atoms with van der Waals surface area (Å²) in [7, 11) is 3.16. The molecule has 232 valence electrons. The Balaban J connectivity index is 1.97. The average Bonchev–Trinajstić information content (AvgIpc) is 2.89. The smallest absolute Gasteiger partial charge is 0.255 e. The number of rotatable bonds is 7. The molecule has 0 spiro atoms. The lowest BCUT2D eigenvalue weighted by atomic mass is 9.57. The lowest BCUT2D eigenvalue weighted by Crippen LogP contribution is -2.65. The number of primary amides is 1. The lowest BCUT2D eigenvalue weighted by Gasteiger charge is -2.50. The Hall–Kier alpha value is -3.73. The zero-order valence-electron chi connectivity index (χ0n) is 25.9. The van der Waals surface area contributed by atoms with Crippen molar-refractivity contribution in [1.82, 2.24) is 10.2 Å². The van der Waals surface area contributed by atoms with E-state index in [1.165, 1.54) is 4.90 Å². The number of allylic oxidation sites excluding steroid dienone is 4. The first kappa shape index (κ1) is 32.2. The minimum absolute atomic E-state index is 0.0188. The second-order valence-corrected chi connectivity index (χ2v) is 13.2. The maximum absolute atomic E-state index is 14.2. The van der Waals surface area contributed by atoms with Gasteiger partial charge in [-0.2, -0.15) is 0 Å². The van der Waals surface area contributed by atoms with E-state index in [0.717, 1.165) is 11.1 Å². The number of phenols is 1. The number of nitrogens with zero attached hydrogens (tertiary/aromatic N) is 1. The SMILES string of the molecule is C/C=C\C(=C/C)c1cc(CNCC(C)(C)C)c(O)c2c1C[C@H]1C[C@H]3C(N(C)C)C(=O)C(C(N)=O)=C(O)[C@@]3(O)C(=O)C1=C2O. The van der Waals surface area contributed by atoms with E-state index >= 15 is 0 Å². The van der Waals surface area contributed by atoms with Crippen molar-refractivity contribution in [2.24, 2.45) is 23.0 Å². The molecule has 1 amide bonds. The fourth-order valence-corrected chi connectivity index (χ4v) is 6.85. The first-order valence-electron chi connectivity index (χ1n) is 14.5. The number of benzene rings is 1. The number of carbonyl (C=O) groups excluding carboxylic acids is 3. The Morgan fingerprint density at radius 2 is 1.84 bits per heavy atom. The van der Waals surface area contributed by atoms with Crippen molar-refractivity contribution in [3.05, 3.63) is 63.5 Å². The number of aliphatic hydroxyl groups excluding tert-OH is 2. The number of Topliss-reactive ketones (excluding diaryl/α,β-unsaturated/α-hetero) is 2. The average molecular weight is 594 g/mol. The van der Waals surface area contributed by atoms with Crippen LogP contribution in [0.4, 0.5) is 0 Å². The molecule has 1 saturated carbocycles. The number of amides is 1. The number of ketones is 2. The largest absolute Gasteiger partial charge is 0.508 e. The van der Waals surface area contributed by atoms with Crippen LogP contribution in [0.1, 0.15) is 63.3 Å². The van der Waals surface area contributed by atoms with E-state index in [-0.39, 0.29) is 35.1 Å². The van der Waals surface area contributed by atoms with Crippen LogP contribution in [-0.2, 0) is 27.3 Å². The first-order valence-corrected chi connectivity index (χ1v) is 14.5. The summed E-state index contributed by atoms with van der Waals surface area (Å²) < 4.78 is 0. The Morgan fingerprint density at radius 1 is 1.19 bits per heavy atom. The topological polar surface area (TPSA) is 173 Å². The zero-order valence-corrected chi connectivity index (χ0v) is 25.9. The normalized spacial score (nSPS) is 26.3. The van der Waals surface area contributed by atoms with Crippen molar-refractivity contribution in [1.29, 1.82) is 0 Å². The van der Waals surface area contributed by atoms with Crippen molar-refractivity contribution < 1.29 is 34.8 Å². The molecule has 4 atom stereocenters. The van der Waals surface area contributed by atoms with E-state index in [1.807, 2.05) is 38.1 Å². The highest BCUT2D eigenvalue weighted by atomic mass is 16.3. The van der Waals surface area contributed by atoms with Gasteiger partial charge in [0.1, 0.15) is 22.8 Å². The molecule has 3 aliphatic carbocycles. The Kier molecular flexibility index (Phi) is 8.54. The molecule has 4 rings (SSSR count). The third kappa shape index (κ3) is 5.21. The van der Waals surface area contributed by atoms with Gasteiger partial charge in [-0.1, -0.05) is 39.0 Å². The summed E-state index contributed by atoms with van der Waals surface area (Å²) in [6, 6.07) is 0.759. The summed E-state index contributed by atoms with van der Waals surface area (Å²) in [5.41, 5.74) is 4.60. The molecule has 0 aliphatic heterocycles. The molecule has 0 aromatic heterocycles. The van der Waals surface area contributed by atoms with Gasteiger partial charge in [-0.3, -0.25) is 19.3 Å². The van der Waals surface area contributed by atoms with Gasteiger partial charge < -0.3 is 31.5 Å². The van der Waals surface area contributed by atoms with Crippen LogP contribution in [0.25, 0.3) is 11.3 Å². The number of likely N-dealkylation sites (N-methyl/N-ethyl adjacent to an activating group) is 1. The van der Waals surface area contributed by atoms with E-state index in [2.05, 4.69) is 26.1 Å². The van der Waals surface area contributed by atoms with Crippen molar-refractivity contribution >= 4 is 28.8 Å². The van der Waals surface area contributed by atoms with E-state index in [1.54, 1.807) is 14.1 Å². The number of hydrogen-bond donors (Lipinski definition) is 6. The summed E-state index contributed by atoms with van der Waals surface area (Å²) in [5.74, 6) is -6.62. The molecule has 0 heterocycles. The fourth-order valence-electron chi connectivity index (χ4n) is 6.85. The van der Waals surface area contributed by atoms with Crippen LogP contribution in [0.3, 0.4) is 0 Å². The molecule has 10 heteroatoms. The molecule has 0 bridgehead atoms. The highest BCUT2D eigenvalue weighted by Crippen LogP contribution is 2.53. The number of hydrogen-bond acceptors (Lipinski definition) is 9. The number of phenolic OH excluding ortho intramolecular Hbond substituents is 1. The molecule has 1 aromatic rings. The molecule has 1 aromatic carbocycles. The predicted octanol–water partition coefficient (Wildman–Crippen LogP) is 3.08. The number of nitrogens with two attached hydrogens (primary N) is 1. The maximum atomic E-state index is 14.2. The molecule has 7 N–H and O–H groups in total. The minimum atomic E-state index is -2.67. The second kappa shape index (κ2) is 11.4. The zero-order chi connectivity index (χ0) is 32.2. The van der Waals surface area contributed by atoms with E-state index in [9.17, 15) is 34.8 Å². The Labute approximate surface area is 252 Å². The van der Waals surface area contributed by atoms with Gasteiger partial charge in [-0.25, -0.2) is 0 Å². The van der Waals surface area contributed by atoms with Crippen molar-refractivity contribution in [3.63, 3.8) is 0 Å². The van der Waals surface area contributed by atoms with Crippen LogP contribution in [0.2, 0.25) is 0 Å². The second-order valence-electron chi connectivity index (χ2n) is 13.2. The van der Waals surface area contributed by atoms with E-state index in [0.29, 0.717) is 24.2 Å². The van der Waals surface area contributed by atoms with E-state index in [4.69, 9.17) is 5.73 Å². The molecule has 0 saturated heterocycles. The number of fused-ring (bicyclic) bond motifs is 3. The quantitative estimate of drug-likeness (QED) is 0.205. The van der Waals surface area contributed by atoms with Gasteiger partial charge in [-0.05, 0) is 74.9 Å². The molecule has 0 radical (unpaired) electrons. The Morgan fingerprint density at radius 3 is 2.37 bits per heavy atom. The van der Waals surface area contributed by atoms with Gasteiger partial charge >= 0.3 is 0 Å². The van der Waals surface area contributed by atoms with Crippen molar-refractivity contribution in [3.8, 4) is 5.75 Å². The Bertz CT molecular complexity index is 1510. The third-order valence-corrected chi connectivity index (χ3v) is 8.74. The van der Waals surface area contributed by atoms with Crippen molar-refractivity contribution in [2.45, 2.75) is 65.6 Å². The summed E-state index contributed by atoms with van der Waals surface area (Å²) in [6.07, 6.45) is 6.00. The molecule has 3 aliphatic rings. The number of aliphatic hydroxyl groups is 3. The first-order chi connectivity index (χ1) is 20.0. The highest BCUT2D eigenvalue weighted by Gasteiger charge is 2.64. The van der Waals surface area contributed by atoms with Gasteiger partial charge in [0, 0.05) is 30.1 Å². The highest BCUT2D eigenvalue weighted by molar-refractivity contribution is 6.24. The number of nitrogens with one attached hydrogen (secondary N) is 1. The van der Waals surface area contributed by atoms with Crippen LogP contribution < -0.4 is 11.1 Å². The monoisotopic (exact) mass is 593 g/mol. The van der Waals surface area contributed by atoms with Crippen LogP contribution >= 0.6 is 0 Å². The summed E-state index contributed by atoms with van der Waals surface area (Å²) >= 11 is 0. The number of aromatic hydroxyl groups is 1. The third-order valence-electron chi connectivity index (χ3n) is 8.74. The molecule has 1 fully saturated rings. The standard InChI is InChI=1S/C33H43N3O7/c1-8-10-16(9-2)19-12-18(14-35-15-32(3,4)5)26(37)23-20(19)11-17-13-21-25(36(6)7)28(39)24(31(34)42)30(41)33(21,43)29(40)22(17)27(23)38/h8-10,12,17,21,25,35,37-38,41,43H,11,13-15H2,1-7H3,(H2,34,42)/b10-8-,16-9+/t17-,21-,25?,33-/m0/s1. The minimum Gasteiger partial charge on any atom is -0.508 e. The number of carbonyl (C=O) groups is 3. The maximum Gasteiger partial charge on any atom is 0.255 e. The summed E-state index contributed by atoms with van der Waals surface area (Å²) in [4.78, 5) is 41.2. The van der Waals surface area contributed by atoms with Crippen LogP contribution in [0, 0.1) is 17.3 Å².